The van der Waals surface area contributed by atoms with Gasteiger partial charge in [0.2, 0.25) is 0 Å². The van der Waals surface area contributed by atoms with Crippen LogP contribution >= 0.6 is 15.9 Å². The Kier molecular flexibility index (Phi) is 7.71. The van der Waals surface area contributed by atoms with Crippen molar-refractivity contribution in [1.82, 2.24) is 15.0 Å². The minimum atomic E-state index is 0.191. The van der Waals surface area contributed by atoms with Crippen LogP contribution in [0.25, 0.3) is 0 Å². The standard InChI is InChI=1S/C17H24BrN3O2/c1-14(21-19-12-17(18)20-21)8-10-22-11-9-15(2)23-13-16-6-4-3-5-7-16/h3-7,12,14-15H,8-11,13H2,1-2H3/t14-,15-/m0/s1. The van der Waals surface area contributed by atoms with E-state index in [0.717, 1.165) is 17.4 Å². The van der Waals surface area contributed by atoms with E-state index in [4.69, 9.17) is 9.47 Å². The summed E-state index contributed by atoms with van der Waals surface area (Å²) in [5, 5.41) is 8.42. The van der Waals surface area contributed by atoms with Gasteiger partial charge in [0.25, 0.3) is 0 Å². The molecule has 1 heterocycles. The van der Waals surface area contributed by atoms with Gasteiger partial charge in [0.05, 0.1) is 24.9 Å². The molecule has 0 bridgehead atoms. The molecule has 0 spiro atoms. The van der Waals surface area contributed by atoms with Crippen LogP contribution in [0.3, 0.4) is 0 Å². The minimum Gasteiger partial charge on any atom is -0.381 e. The Labute approximate surface area is 146 Å². The van der Waals surface area contributed by atoms with Crippen molar-refractivity contribution in [3.63, 3.8) is 0 Å². The average molecular weight is 382 g/mol. The maximum atomic E-state index is 5.82. The molecular formula is C17H24BrN3O2. The van der Waals surface area contributed by atoms with E-state index < -0.39 is 0 Å². The molecule has 0 saturated heterocycles. The van der Waals surface area contributed by atoms with Crippen molar-refractivity contribution in [2.75, 3.05) is 13.2 Å². The molecule has 0 radical (unpaired) electrons. The lowest BCUT2D eigenvalue weighted by Gasteiger charge is -2.14. The first kappa shape index (κ1) is 18.1. The number of hydrogen-bond acceptors (Lipinski definition) is 4. The second-order valence-electron chi connectivity index (χ2n) is 5.63. The molecule has 6 heteroatoms. The zero-order chi connectivity index (χ0) is 16.5. The van der Waals surface area contributed by atoms with Crippen LogP contribution in [0, 0.1) is 0 Å². The predicted octanol–water partition coefficient (Wildman–Crippen LogP) is 4.00. The Bertz CT molecular complexity index is 562. The van der Waals surface area contributed by atoms with Gasteiger partial charge in [-0.2, -0.15) is 9.90 Å². The van der Waals surface area contributed by atoms with Crippen molar-refractivity contribution in [2.24, 2.45) is 0 Å². The van der Waals surface area contributed by atoms with Crippen molar-refractivity contribution >= 4 is 15.9 Å². The Balaban J connectivity index is 1.53. The molecule has 0 N–H and O–H groups in total. The lowest BCUT2D eigenvalue weighted by molar-refractivity contribution is 0.0203. The van der Waals surface area contributed by atoms with Crippen molar-refractivity contribution in [3.8, 4) is 0 Å². The average Bonchev–Trinajstić information content (AvgIpc) is 3.00. The maximum absolute atomic E-state index is 5.82. The first-order valence-corrected chi connectivity index (χ1v) is 8.75. The van der Waals surface area contributed by atoms with Crippen molar-refractivity contribution in [1.29, 1.82) is 0 Å². The van der Waals surface area contributed by atoms with Crippen LogP contribution in [0.2, 0.25) is 0 Å². The summed E-state index contributed by atoms with van der Waals surface area (Å²) in [7, 11) is 0. The third-order valence-electron chi connectivity index (χ3n) is 3.60. The molecule has 0 amide bonds. The molecule has 0 fully saturated rings. The molecule has 126 valence electrons. The van der Waals surface area contributed by atoms with Crippen LogP contribution in [0.5, 0.6) is 0 Å². The highest BCUT2D eigenvalue weighted by Gasteiger charge is 2.08. The third kappa shape index (κ3) is 6.81. The summed E-state index contributed by atoms with van der Waals surface area (Å²) in [5.41, 5.74) is 1.20. The molecule has 0 saturated carbocycles. The molecule has 0 aliphatic carbocycles. The van der Waals surface area contributed by atoms with E-state index >= 15 is 0 Å². The van der Waals surface area contributed by atoms with E-state index in [1.807, 2.05) is 18.2 Å². The maximum Gasteiger partial charge on any atom is 0.148 e. The van der Waals surface area contributed by atoms with Gasteiger partial charge < -0.3 is 9.47 Å². The lowest BCUT2D eigenvalue weighted by atomic mass is 10.2. The van der Waals surface area contributed by atoms with Gasteiger partial charge in [-0.1, -0.05) is 30.3 Å². The number of nitrogens with zero attached hydrogens (tertiary/aromatic N) is 3. The molecule has 5 nitrogen and oxygen atoms in total. The molecule has 2 rings (SSSR count). The summed E-state index contributed by atoms with van der Waals surface area (Å²) in [6.45, 7) is 6.23. The van der Waals surface area contributed by atoms with E-state index in [9.17, 15) is 0 Å². The zero-order valence-corrected chi connectivity index (χ0v) is 15.3. The highest BCUT2D eigenvalue weighted by atomic mass is 79.9. The molecule has 0 aliphatic heterocycles. The first-order chi connectivity index (χ1) is 11.1. The second-order valence-corrected chi connectivity index (χ2v) is 6.45. The molecule has 1 aromatic heterocycles. The van der Waals surface area contributed by atoms with Gasteiger partial charge in [-0.05, 0) is 48.2 Å². The second kappa shape index (κ2) is 9.80. The first-order valence-electron chi connectivity index (χ1n) is 7.95. The summed E-state index contributed by atoms with van der Waals surface area (Å²) in [4.78, 5) is 1.71. The van der Waals surface area contributed by atoms with Crippen LogP contribution < -0.4 is 0 Å². The zero-order valence-electron chi connectivity index (χ0n) is 13.7. The van der Waals surface area contributed by atoms with E-state index in [1.165, 1.54) is 5.56 Å². The van der Waals surface area contributed by atoms with Gasteiger partial charge >= 0.3 is 0 Å². The van der Waals surface area contributed by atoms with Crippen molar-refractivity contribution in [2.45, 2.75) is 45.4 Å². The highest BCUT2D eigenvalue weighted by molar-refractivity contribution is 9.10. The van der Waals surface area contributed by atoms with Gasteiger partial charge in [0.15, 0.2) is 0 Å². The minimum absolute atomic E-state index is 0.191. The number of halogens is 1. The van der Waals surface area contributed by atoms with Crippen LogP contribution in [0.4, 0.5) is 0 Å². The molecule has 0 aliphatic rings. The largest absolute Gasteiger partial charge is 0.381 e. The van der Waals surface area contributed by atoms with E-state index in [-0.39, 0.29) is 12.1 Å². The predicted molar refractivity (Wildman–Crippen MR) is 93.2 cm³/mol. The number of benzene rings is 1. The Morgan fingerprint density at radius 2 is 1.87 bits per heavy atom. The fraction of sp³-hybridized carbons (Fsp3) is 0.529. The van der Waals surface area contributed by atoms with Crippen LogP contribution in [0.15, 0.2) is 41.1 Å². The summed E-state index contributed by atoms with van der Waals surface area (Å²) in [5.74, 6) is 0. The number of rotatable bonds is 10. The quantitative estimate of drug-likeness (QED) is 0.583. The van der Waals surface area contributed by atoms with Gasteiger partial charge in [0, 0.05) is 13.2 Å². The Morgan fingerprint density at radius 1 is 1.13 bits per heavy atom. The fourth-order valence-electron chi connectivity index (χ4n) is 2.09. The molecule has 2 atom stereocenters. The van der Waals surface area contributed by atoms with Gasteiger partial charge in [0.1, 0.15) is 4.60 Å². The summed E-state index contributed by atoms with van der Waals surface area (Å²) in [6, 6.07) is 10.5. The SMILES string of the molecule is C[C@@H](CCOCC[C@H](C)n1ncc(Br)n1)OCc1ccccc1. The molecule has 23 heavy (non-hydrogen) atoms. The van der Waals surface area contributed by atoms with Gasteiger partial charge in [-0.25, -0.2) is 0 Å². The van der Waals surface area contributed by atoms with E-state index in [0.29, 0.717) is 19.8 Å². The van der Waals surface area contributed by atoms with Crippen LogP contribution in [0.1, 0.15) is 38.3 Å². The van der Waals surface area contributed by atoms with Crippen LogP contribution in [-0.4, -0.2) is 34.3 Å². The number of aromatic nitrogens is 3. The highest BCUT2D eigenvalue weighted by Crippen LogP contribution is 2.11. The normalized spacial score (nSPS) is 13.9. The monoisotopic (exact) mass is 381 g/mol. The van der Waals surface area contributed by atoms with E-state index in [2.05, 4.69) is 52.1 Å². The fourth-order valence-corrected chi connectivity index (χ4v) is 2.34. The van der Waals surface area contributed by atoms with Crippen molar-refractivity contribution in [3.05, 3.63) is 46.7 Å². The lowest BCUT2D eigenvalue weighted by Crippen LogP contribution is -2.14. The molecular weight excluding hydrogens is 358 g/mol. The van der Waals surface area contributed by atoms with Crippen LogP contribution in [-0.2, 0) is 16.1 Å². The Morgan fingerprint density at radius 3 is 2.57 bits per heavy atom. The third-order valence-corrected chi connectivity index (χ3v) is 3.96. The summed E-state index contributed by atoms with van der Waals surface area (Å²) in [6.07, 6.45) is 3.67. The van der Waals surface area contributed by atoms with E-state index in [1.54, 1.807) is 11.0 Å². The summed E-state index contributed by atoms with van der Waals surface area (Å²) < 4.78 is 12.3. The molecule has 2 aromatic rings. The van der Waals surface area contributed by atoms with Crippen molar-refractivity contribution < 1.29 is 9.47 Å². The summed E-state index contributed by atoms with van der Waals surface area (Å²) >= 11 is 3.30. The Hall–Kier alpha value is -1.24. The molecule has 1 aromatic carbocycles. The molecule has 0 unspecified atom stereocenters. The number of hydrogen-bond donors (Lipinski definition) is 0. The van der Waals surface area contributed by atoms with Gasteiger partial charge in [-0.3, -0.25) is 0 Å². The topological polar surface area (TPSA) is 49.2 Å². The number of ether oxygens (including phenoxy) is 2. The smallest absolute Gasteiger partial charge is 0.148 e. The van der Waals surface area contributed by atoms with Gasteiger partial charge in [-0.15, -0.1) is 5.10 Å².